The topological polar surface area (TPSA) is 57.7 Å². The summed E-state index contributed by atoms with van der Waals surface area (Å²) < 4.78 is 61.2. The van der Waals surface area contributed by atoms with Gasteiger partial charge >= 0.3 is 6.18 Å². The van der Waals surface area contributed by atoms with Gasteiger partial charge in [0.2, 0.25) is 0 Å². The van der Waals surface area contributed by atoms with Crippen LogP contribution in [0, 0.1) is 0 Å². The minimum absolute atomic E-state index is 0.161. The Morgan fingerprint density at radius 2 is 1.57 bits per heavy atom. The lowest BCUT2D eigenvalue weighted by Gasteiger charge is -2.22. The second kappa shape index (κ2) is 8.77. The van der Waals surface area contributed by atoms with Crippen molar-refractivity contribution in [3.63, 3.8) is 0 Å². The maximum absolute atomic E-state index is 12.8. The molecule has 9 heteroatoms. The highest BCUT2D eigenvalue weighted by atomic mass is 32.2. The van der Waals surface area contributed by atoms with Crippen LogP contribution in [-0.4, -0.2) is 56.6 Å². The van der Waals surface area contributed by atoms with Crippen LogP contribution in [0.25, 0.3) is 0 Å². The summed E-state index contributed by atoms with van der Waals surface area (Å²) in [7, 11) is -3.32. The minimum atomic E-state index is -4.35. The van der Waals surface area contributed by atoms with Crippen LogP contribution in [0.5, 0.6) is 0 Å². The van der Waals surface area contributed by atoms with Crippen molar-refractivity contribution in [1.82, 2.24) is 9.80 Å². The maximum Gasteiger partial charge on any atom is 0.416 e. The molecule has 0 atom stereocenters. The van der Waals surface area contributed by atoms with Gasteiger partial charge in [0.1, 0.15) is 0 Å². The SMILES string of the molecule is CS(=O)(=O)c1ccc(C(=O)N2CCCN(Cc3ccc(C(F)(F)F)cc3)CC2)cc1. The van der Waals surface area contributed by atoms with E-state index in [1.54, 1.807) is 4.90 Å². The molecule has 0 N–H and O–H groups in total. The largest absolute Gasteiger partial charge is 0.416 e. The molecule has 2 aromatic carbocycles. The highest BCUT2D eigenvalue weighted by Crippen LogP contribution is 2.29. The summed E-state index contributed by atoms with van der Waals surface area (Å²) in [4.78, 5) is 16.8. The van der Waals surface area contributed by atoms with Gasteiger partial charge in [-0.1, -0.05) is 12.1 Å². The molecule has 0 aromatic heterocycles. The van der Waals surface area contributed by atoms with Crippen LogP contribution < -0.4 is 0 Å². The first-order chi connectivity index (χ1) is 14.0. The zero-order chi connectivity index (χ0) is 21.9. The van der Waals surface area contributed by atoms with Gasteiger partial charge < -0.3 is 4.90 Å². The highest BCUT2D eigenvalue weighted by molar-refractivity contribution is 7.90. The van der Waals surface area contributed by atoms with Crippen molar-refractivity contribution < 1.29 is 26.4 Å². The second-order valence-electron chi connectivity index (χ2n) is 7.41. The summed E-state index contributed by atoms with van der Waals surface area (Å²) in [5.74, 6) is -0.161. The molecule has 0 saturated carbocycles. The molecular weight excluding hydrogens is 417 g/mol. The molecular formula is C21H23F3N2O3S. The average molecular weight is 440 g/mol. The molecule has 1 aliphatic heterocycles. The molecule has 0 unspecified atom stereocenters. The lowest BCUT2D eigenvalue weighted by atomic mass is 10.1. The van der Waals surface area contributed by atoms with Gasteiger partial charge in [-0.05, 0) is 48.4 Å². The first-order valence-corrected chi connectivity index (χ1v) is 11.4. The number of hydrogen-bond donors (Lipinski definition) is 0. The molecule has 0 aliphatic carbocycles. The van der Waals surface area contributed by atoms with Crippen molar-refractivity contribution in [3.05, 3.63) is 65.2 Å². The van der Waals surface area contributed by atoms with Gasteiger partial charge in [0, 0.05) is 44.5 Å². The summed E-state index contributed by atoms with van der Waals surface area (Å²) >= 11 is 0. The van der Waals surface area contributed by atoms with E-state index in [-0.39, 0.29) is 10.8 Å². The monoisotopic (exact) mass is 440 g/mol. The molecule has 1 heterocycles. The van der Waals surface area contributed by atoms with Gasteiger partial charge in [-0.15, -0.1) is 0 Å². The number of nitrogens with zero attached hydrogens (tertiary/aromatic N) is 2. The van der Waals surface area contributed by atoms with E-state index in [9.17, 15) is 26.4 Å². The van der Waals surface area contributed by atoms with Gasteiger partial charge in [0.05, 0.1) is 10.5 Å². The molecule has 0 radical (unpaired) electrons. The summed E-state index contributed by atoms with van der Waals surface area (Å²) in [6.45, 7) is 2.92. The van der Waals surface area contributed by atoms with Crippen LogP contribution in [0.15, 0.2) is 53.4 Å². The predicted octanol–water partition coefficient (Wildman–Crippen LogP) is 3.46. The lowest BCUT2D eigenvalue weighted by molar-refractivity contribution is -0.137. The number of benzene rings is 2. The number of sulfone groups is 1. The smallest absolute Gasteiger partial charge is 0.337 e. The molecule has 2 aromatic rings. The Morgan fingerprint density at radius 3 is 2.13 bits per heavy atom. The first kappa shape index (κ1) is 22.3. The normalized spacial score (nSPS) is 16.3. The number of carbonyl (C=O) groups excluding carboxylic acids is 1. The van der Waals surface area contributed by atoms with Crippen molar-refractivity contribution in [2.75, 3.05) is 32.4 Å². The zero-order valence-corrected chi connectivity index (χ0v) is 17.3. The molecule has 1 amide bonds. The summed E-state index contributed by atoms with van der Waals surface area (Å²) in [6.07, 6.45) is -2.49. The zero-order valence-electron chi connectivity index (χ0n) is 16.5. The van der Waals surface area contributed by atoms with Gasteiger partial charge in [-0.3, -0.25) is 9.69 Å². The van der Waals surface area contributed by atoms with Crippen LogP contribution in [-0.2, 0) is 22.6 Å². The van der Waals surface area contributed by atoms with Crippen LogP contribution in [0.1, 0.15) is 27.9 Å². The lowest BCUT2D eigenvalue weighted by Crippen LogP contribution is -2.35. The van der Waals surface area contributed by atoms with E-state index >= 15 is 0 Å². The fourth-order valence-corrected chi connectivity index (χ4v) is 4.05. The molecule has 162 valence electrons. The third-order valence-electron chi connectivity index (χ3n) is 5.09. The number of hydrogen-bond acceptors (Lipinski definition) is 4. The fourth-order valence-electron chi connectivity index (χ4n) is 3.42. The Balaban J connectivity index is 1.60. The van der Waals surface area contributed by atoms with E-state index in [1.807, 2.05) is 0 Å². The van der Waals surface area contributed by atoms with E-state index in [0.717, 1.165) is 36.9 Å². The van der Waals surface area contributed by atoms with E-state index in [1.165, 1.54) is 36.4 Å². The number of carbonyl (C=O) groups is 1. The predicted molar refractivity (Wildman–Crippen MR) is 107 cm³/mol. The van der Waals surface area contributed by atoms with Crippen LogP contribution >= 0.6 is 0 Å². The van der Waals surface area contributed by atoms with Crippen LogP contribution in [0.4, 0.5) is 13.2 Å². The third kappa shape index (κ3) is 5.60. The molecule has 30 heavy (non-hydrogen) atoms. The number of halogens is 3. The summed E-state index contributed by atoms with van der Waals surface area (Å²) in [6, 6.07) is 11.0. The van der Waals surface area contributed by atoms with Crippen LogP contribution in [0.2, 0.25) is 0 Å². The van der Waals surface area contributed by atoms with Crippen molar-refractivity contribution in [3.8, 4) is 0 Å². The highest BCUT2D eigenvalue weighted by Gasteiger charge is 2.30. The molecule has 0 spiro atoms. The Hall–Kier alpha value is -2.39. The van der Waals surface area contributed by atoms with Gasteiger partial charge in [-0.2, -0.15) is 13.2 Å². The van der Waals surface area contributed by atoms with Crippen molar-refractivity contribution in [2.24, 2.45) is 0 Å². The average Bonchev–Trinajstić information content (AvgIpc) is 2.92. The van der Waals surface area contributed by atoms with E-state index in [4.69, 9.17) is 0 Å². The maximum atomic E-state index is 12.8. The van der Waals surface area contributed by atoms with Gasteiger partial charge in [-0.25, -0.2) is 8.42 Å². The quantitative estimate of drug-likeness (QED) is 0.731. The third-order valence-corrected chi connectivity index (χ3v) is 6.22. The standard InChI is InChI=1S/C21H23F3N2O3S/c1-30(28,29)19-9-5-17(6-10-19)20(27)26-12-2-11-25(13-14-26)15-16-3-7-18(8-4-16)21(22,23)24/h3-10H,2,11-15H2,1H3. The first-order valence-electron chi connectivity index (χ1n) is 9.52. The summed E-state index contributed by atoms with van der Waals surface area (Å²) in [5, 5.41) is 0. The molecule has 3 rings (SSSR count). The number of alkyl halides is 3. The van der Waals surface area contributed by atoms with E-state index < -0.39 is 21.6 Å². The van der Waals surface area contributed by atoms with E-state index in [2.05, 4.69) is 4.90 Å². The second-order valence-corrected chi connectivity index (χ2v) is 9.43. The summed E-state index contributed by atoms with van der Waals surface area (Å²) in [5.41, 5.74) is 0.554. The Kier molecular flexibility index (Phi) is 6.52. The van der Waals surface area contributed by atoms with Crippen LogP contribution in [0.3, 0.4) is 0 Å². The molecule has 0 bridgehead atoms. The fraction of sp³-hybridized carbons (Fsp3) is 0.381. The Bertz CT molecular complexity index is 988. The van der Waals surface area contributed by atoms with Crippen molar-refractivity contribution >= 4 is 15.7 Å². The minimum Gasteiger partial charge on any atom is -0.337 e. The van der Waals surface area contributed by atoms with E-state index in [0.29, 0.717) is 31.7 Å². The molecule has 1 saturated heterocycles. The molecule has 5 nitrogen and oxygen atoms in total. The number of amides is 1. The van der Waals surface area contributed by atoms with Crippen molar-refractivity contribution in [1.29, 1.82) is 0 Å². The van der Waals surface area contributed by atoms with Gasteiger partial charge in [0.25, 0.3) is 5.91 Å². The molecule has 1 fully saturated rings. The Labute approximate surface area is 174 Å². The van der Waals surface area contributed by atoms with Gasteiger partial charge in [0.15, 0.2) is 9.84 Å². The number of rotatable bonds is 4. The molecule has 1 aliphatic rings. The van der Waals surface area contributed by atoms with Crippen molar-refractivity contribution in [2.45, 2.75) is 24.0 Å². The Morgan fingerprint density at radius 1 is 0.933 bits per heavy atom.